The van der Waals surface area contributed by atoms with Gasteiger partial charge in [-0.1, -0.05) is 0 Å². The number of piperazine rings is 1. The number of aliphatic imine (C=N–C) groups is 1. The summed E-state index contributed by atoms with van der Waals surface area (Å²) in [6.07, 6.45) is 4.40. The molecule has 2 aromatic carbocycles. The van der Waals surface area contributed by atoms with E-state index in [9.17, 15) is 18.8 Å². The number of piperidine rings is 1. The second kappa shape index (κ2) is 13.8. The van der Waals surface area contributed by atoms with E-state index >= 15 is 4.39 Å². The second-order valence-electron chi connectivity index (χ2n) is 12.6. The number of dihydropyridines is 1. The molecule has 0 unspecified atom stereocenters. The number of hydrogen-bond acceptors (Lipinski definition) is 8. The van der Waals surface area contributed by atoms with Crippen molar-refractivity contribution in [2.45, 2.75) is 38.1 Å². The van der Waals surface area contributed by atoms with E-state index in [0.29, 0.717) is 56.4 Å². The molecule has 250 valence electrons. The van der Waals surface area contributed by atoms with E-state index < -0.39 is 28.9 Å². The fourth-order valence-corrected chi connectivity index (χ4v) is 6.15. The van der Waals surface area contributed by atoms with E-state index in [1.807, 2.05) is 0 Å². The lowest BCUT2D eigenvalue weighted by Crippen LogP contribution is -2.56. The molecule has 1 saturated carbocycles. The zero-order valence-corrected chi connectivity index (χ0v) is 26.4. The Morgan fingerprint density at radius 1 is 0.957 bits per heavy atom. The predicted octanol–water partition coefficient (Wildman–Crippen LogP) is 3.39. The standard InChI is InChI=1S/C33H40F2N8O4/c1-40-16-18-41(19-17-40)24-9-14-42(15-10-24)32(46)43(36)29-21-26(8-13-37-29)47-25-6-7-28(27(35)20-25)39-31(45)33(11-12-33)30(44)38-23-4-2-22(34)3-5-23/h2-7,20-21,24H,8-19,36H2,1H3,(H,38,44)(H,39,45). The number of likely N-dealkylation sites (N-methyl/N-ethyl adjacent to an activating group) is 1. The lowest BCUT2D eigenvalue weighted by molar-refractivity contribution is -0.131. The average molecular weight is 651 g/mol. The van der Waals surface area contributed by atoms with Gasteiger partial charge >= 0.3 is 6.03 Å². The molecule has 0 radical (unpaired) electrons. The highest BCUT2D eigenvalue weighted by molar-refractivity contribution is 6.17. The fraction of sp³-hybridized carbons (Fsp3) is 0.455. The first-order chi connectivity index (χ1) is 22.6. The molecule has 0 atom stereocenters. The number of hydrogen-bond donors (Lipinski definition) is 3. The van der Waals surface area contributed by atoms with Crippen LogP contribution in [0.5, 0.6) is 5.75 Å². The molecular weight excluding hydrogens is 610 g/mol. The van der Waals surface area contributed by atoms with Crippen LogP contribution in [0.1, 0.15) is 32.1 Å². The third-order valence-corrected chi connectivity index (χ3v) is 9.32. The SMILES string of the molecule is CN1CCN(C2CCN(C(=O)N(N)C3=NCCC(Oc4ccc(NC(=O)C5(C(=O)Nc6ccc(F)cc6)CC5)c(F)c4)=C3)CC2)CC1. The first-order valence-electron chi connectivity index (χ1n) is 16.0. The normalized spacial score (nSPS) is 20.1. The summed E-state index contributed by atoms with van der Waals surface area (Å²) in [7, 11) is 2.14. The van der Waals surface area contributed by atoms with E-state index in [0.717, 1.165) is 50.1 Å². The number of carbonyl (C=O) groups excluding carboxylic acids is 3. The predicted molar refractivity (Wildman–Crippen MR) is 172 cm³/mol. The van der Waals surface area contributed by atoms with Gasteiger partial charge in [0.1, 0.15) is 34.4 Å². The highest BCUT2D eigenvalue weighted by atomic mass is 19.1. The molecule has 6 rings (SSSR count). The van der Waals surface area contributed by atoms with Gasteiger partial charge in [-0.3, -0.25) is 19.5 Å². The maximum atomic E-state index is 15.1. The van der Waals surface area contributed by atoms with E-state index in [1.54, 1.807) is 11.0 Å². The molecule has 0 bridgehead atoms. The van der Waals surface area contributed by atoms with Gasteiger partial charge in [0.15, 0.2) is 0 Å². The number of ether oxygens (including phenoxy) is 1. The molecule has 0 spiro atoms. The number of anilines is 2. The summed E-state index contributed by atoms with van der Waals surface area (Å²) < 4.78 is 34.2. The number of nitrogens with two attached hydrogens (primary N) is 1. The van der Waals surface area contributed by atoms with Crippen LogP contribution in [-0.2, 0) is 9.59 Å². The Bertz CT molecular complexity index is 1560. The summed E-state index contributed by atoms with van der Waals surface area (Å²) in [5.41, 5.74) is -1.07. The van der Waals surface area contributed by atoms with Crippen molar-refractivity contribution >= 4 is 35.1 Å². The van der Waals surface area contributed by atoms with Gasteiger partial charge in [-0.2, -0.15) is 0 Å². The van der Waals surface area contributed by atoms with Crippen LogP contribution in [0.3, 0.4) is 0 Å². The number of amidine groups is 1. The molecule has 47 heavy (non-hydrogen) atoms. The summed E-state index contributed by atoms with van der Waals surface area (Å²) in [6.45, 7) is 5.78. The van der Waals surface area contributed by atoms with Crippen molar-refractivity contribution in [2.75, 3.05) is 63.5 Å². The zero-order chi connectivity index (χ0) is 33.1. The molecule has 4 aliphatic rings. The number of carbonyl (C=O) groups is 3. The van der Waals surface area contributed by atoms with Crippen LogP contribution in [0, 0.1) is 17.0 Å². The van der Waals surface area contributed by atoms with Crippen LogP contribution in [0.4, 0.5) is 25.0 Å². The molecule has 4 N–H and O–H groups in total. The Kier molecular flexibility index (Phi) is 9.52. The van der Waals surface area contributed by atoms with Crippen molar-refractivity contribution in [1.29, 1.82) is 0 Å². The lowest BCUT2D eigenvalue weighted by atomic mass is 10.0. The maximum absolute atomic E-state index is 15.1. The monoisotopic (exact) mass is 650 g/mol. The fourth-order valence-electron chi connectivity index (χ4n) is 6.15. The van der Waals surface area contributed by atoms with Crippen LogP contribution in [0.25, 0.3) is 0 Å². The van der Waals surface area contributed by atoms with E-state index in [4.69, 9.17) is 10.6 Å². The zero-order valence-electron chi connectivity index (χ0n) is 26.4. The molecular formula is C33H40F2N8O4. The molecule has 3 fully saturated rings. The molecule has 1 aliphatic carbocycles. The molecule has 12 nitrogen and oxygen atoms in total. The minimum absolute atomic E-state index is 0.0989. The first kappa shape index (κ1) is 32.5. The van der Waals surface area contributed by atoms with Crippen molar-refractivity contribution in [1.82, 2.24) is 19.7 Å². The average Bonchev–Trinajstić information content (AvgIpc) is 3.90. The summed E-state index contributed by atoms with van der Waals surface area (Å²) in [6, 6.07) is 9.34. The van der Waals surface area contributed by atoms with E-state index in [1.165, 1.54) is 36.4 Å². The Hall–Kier alpha value is -4.40. The van der Waals surface area contributed by atoms with Crippen molar-refractivity contribution in [3.05, 3.63) is 65.9 Å². The summed E-state index contributed by atoms with van der Waals surface area (Å²) >= 11 is 0. The van der Waals surface area contributed by atoms with Crippen LogP contribution in [0.15, 0.2) is 59.3 Å². The molecule has 2 aromatic rings. The Morgan fingerprint density at radius 2 is 1.64 bits per heavy atom. The van der Waals surface area contributed by atoms with Crippen LogP contribution < -0.4 is 21.2 Å². The highest BCUT2D eigenvalue weighted by Crippen LogP contribution is 2.47. The quantitative estimate of drug-likeness (QED) is 0.181. The third kappa shape index (κ3) is 7.45. The largest absolute Gasteiger partial charge is 0.461 e. The van der Waals surface area contributed by atoms with Gasteiger partial charge in [-0.15, -0.1) is 0 Å². The molecule has 14 heteroatoms. The smallest absolute Gasteiger partial charge is 0.340 e. The van der Waals surface area contributed by atoms with Crippen molar-refractivity contribution in [3.8, 4) is 5.75 Å². The minimum atomic E-state index is -1.33. The van der Waals surface area contributed by atoms with Crippen LogP contribution in [0.2, 0.25) is 0 Å². The van der Waals surface area contributed by atoms with Gasteiger partial charge in [0.2, 0.25) is 11.8 Å². The third-order valence-electron chi connectivity index (χ3n) is 9.32. The number of likely N-dealkylation sites (tertiary alicyclic amines) is 1. The number of urea groups is 1. The summed E-state index contributed by atoms with van der Waals surface area (Å²) in [5.74, 6) is 4.77. The number of nitrogens with zero attached hydrogens (tertiary/aromatic N) is 5. The molecule has 2 saturated heterocycles. The Balaban J connectivity index is 1.01. The van der Waals surface area contributed by atoms with Crippen molar-refractivity contribution in [3.63, 3.8) is 0 Å². The lowest BCUT2D eigenvalue weighted by Gasteiger charge is -2.42. The molecule has 4 amide bonds. The summed E-state index contributed by atoms with van der Waals surface area (Å²) in [5, 5.41) is 6.18. The van der Waals surface area contributed by atoms with Gasteiger partial charge in [-0.25, -0.2) is 24.4 Å². The molecule has 3 heterocycles. The maximum Gasteiger partial charge on any atom is 0.340 e. The number of benzene rings is 2. The van der Waals surface area contributed by atoms with E-state index in [-0.39, 0.29) is 23.3 Å². The number of halogens is 2. The minimum Gasteiger partial charge on any atom is -0.461 e. The number of nitrogens with one attached hydrogen (secondary N) is 2. The van der Waals surface area contributed by atoms with Crippen molar-refractivity contribution in [2.24, 2.45) is 16.3 Å². The number of hydrazine groups is 1. The second-order valence-corrected chi connectivity index (χ2v) is 12.6. The highest BCUT2D eigenvalue weighted by Gasteiger charge is 2.56. The van der Waals surface area contributed by atoms with Gasteiger partial charge in [-0.05, 0) is 69.1 Å². The Morgan fingerprint density at radius 3 is 2.30 bits per heavy atom. The van der Waals surface area contributed by atoms with Gasteiger partial charge < -0.3 is 25.2 Å². The van der Waals surface area contributed by atoms with Crippen LogP contribution >= 0.6 is 0 Å². The number of amides is 4. The van der Waals surface area contributed by atoms with E-state index in [2.05, 4.69) is 32.5 Å². The van der Waals surface area contributed by atoms with Gasteiger partial charge in [0, 0.05) is 76.1 Å². The molecule has 0 aromatic heterocycles. The van der Waals surface area contributed by atoms with Crippen molar-refractivity contribution < 1.29 is 27.9 Å². The number of rotatable bonds is 7. The Labute approximate surface area is 272 Å². The van der Waals surface area contributed by atoms with Gasteiger partial charge in [0.05, 0.1) is 5.69 Å². The van der Waals surface area contributed by atoms with Gasteiger partial charge in [0.25, 0.3) is 0 Å². The first-order valence-corrected chi connectivity index (χ1v) is 16.0. The topological polar surface area (TPSA) is 136 Å². The molecule has 3 aliphatic heterocycles. The summed E-state index contributed by atoms with van der Waals surface area (Å²) in [4.78, 5) is 50.0. The van der Waals surface area contributed by atoms with Crippen LogP contribution in [-0.4, -0.2) is 102 Å².